The lowest BCUT2D eigenvalue weighted by Crippen LogP contribution is -2.41. The van der Waals surface area contributed by atoms with Crippen LogP contribution in [0.25, 0.3) is 0 Å². The van der Waals surface area contributed by atoms with E-state index < -0.39 is 0 Å². The minimum atomic E-state index is -0.00678. The van der Waals surface area contributed by atoms with Crippen LogP contribution in [0.2, 0.25) is 0 Å². The normalized spacial score (nSPS) is 12.6. The highest BCUT2D eigenvalue weighted by Gasteiger charge is 2.07. The molecule has 0 saturated carbocycles. The molecule has 24 heavy (non-hydrogen) atoms. The van der Waals surface area contributed by atoms with Crippen molar-refractivity contribution in [3.63, 3.8) is 0 Å². The number of aliphatic imine (C=N–C) groups is 1. The summed E-state index contributed by atoms with van der Waals surface area (Å²) >= 11 is 3.59. The Morgan fingerprint density at radius 1 is 1.25 bits per heavy atom. The van der Waals surface area contributed by atoms with Crippen molar-refractivity contribution in [3.05, 3.63) is 30.3 Å². The van der Waals surface area contributed by atoms with Crippen LogP contribution in [0.1, 0.15) is 6.92 Å². The van der Waals surface area contributed by atoms with Gasteiger partial charge < -0.3 is 15.5 Å². The largest absolute Gasteiger partial charge is 0.356 e. The van der Waals surface area contributed by atoms with E-state index in [1.165, 1.54) is 4.90 Å². The molecule has 0 aliphatic heterocycles. The SMILES string of the molecule is CSCCNC(=NCC(=O)N(C)C)NCC(C)Sc1ccccc1. The third kappa shape index (κ3) is 9.08. The van der Waals surface area contributed by atoms with Crippen LogP contribution in [0.3, 0.4) is 0 Å². The molecule has 0 fully saturated rings. The van der Waals surface area contributed by atoms with Gasteiger partial charge in [0.05, 0.1) is 0 Å². The average Bonchev–Trinajstić information content (AvgIpc) is 2.57. The molecule has 2 N–H and O–H groups in total. The number of amides is 1. The van der Waals surface area contributed by atoms with Crippen LogP contribution in [0.5, 0.6) is 0 Å². The molecule has 0 aliphatic carbocycles. The van der Waals surface area contributed by atoms with E-state index in [9.17, 15) is 4.79 Å². The zero-order valence-corrected chi connectivity index (χ0v) is 16.5. The molecule has 0 spiro atoms. The molecular weight excluding hydrogens is 340 g/mol. The minimum absolute atomic E-state index is 0.00678. The molecule has 1 unspecified atom stereocenters. The summed E-state index contributed by atoms with van der Waals surface area (Å²) in [6.07, 6.45) is 2.07. The molecule has 1 amide bonds. The summed E-state index contributed by atoms with van der Waals surface area (Å²) < 4.78 is 0. The minimum Gasteiger partial charge on any atom is -0.356 e. The predicted molar refractivity (Wildman–Crippen MR) is 107 cm³/mol. The van der Waals surface area contributed by atoms with Crippen molar-refractivity contribution >= 4 is 35.4 Å². The van der Waals surface area contributed by atoms with Gasteiger partial charge in [-0.1, -0.05) is 25.1 Å². The summed E-state index contributed by atoms with van der Waals surface area (Å²) in [5.41, 5.74) is 0. The van der Waals surface area contributed by atoms with Crippen LogP contribution < -0.4 is 10.6 Å². The molecule has 0 heterocycles. The predicted octanol–water partition coefficient (Wildman–Crippen LogP) is 2.15. The first kappa shape index (κ1) is 20.7. The summed E-state index contributed by atoms with van der Waals surface area (Å²) in [5.74, 6) is 1.68. The summed E-state index contributed by atoms with van der Waals surface area (Å²) in [5, 5.41) is 7.00. The lowest BCUT2D eigenvalue weighted by atomic mass is 10.4. The Morgan fingerprint density at radius 3 is 2.58 bits per heavy atom. The standard InChI is InChI=1S/C17H28N4OS2/c1-14(24-15-8-6-5-7-9-15)12-19-17(18-10-11-23-4)20-13-16(22)21(2)3/h5-9,14H,10-13H2,1-4H3,(H2,18,19,20). The molecule has 134 valence electrons. The van der Waals surface area contributed by atoms with Crippen molar-refractivity contribution in [2.75, 3.05) is 45.7 Å². The summed E-state index contributed by atoms with van der Waals surface area (Å²) in [7, 11) is 3.48. The van der Waals surface area contributed by atoms with E-state index >= 15 is 0 Å². The number of rotatable bonds is 9. The topological polar surface area (TPSA) is 56.7 Å². The van der Waals surface area contributed by atoms with E-state index in [-0.39, 0.29) is 12.5 Å². The van der Waals surface area contributed by atoms with E-state index in [4.69, 9.17) is 0 Å². The lowest BCUT2D eigenvalue weighted by Gasteiger charge is -2.16. The Hall–Kier alpha value is -1.34. The fraction of sp³-hybridized carbons (Fsp3) is 0.529. The first-order chi connectivity index (χ1) is 11.5. The van der Waals surface area contributed by atoms with Gasteiger partial charge in [-0.2, -0.15) is 11.8 Å². The van der Waals surface area contributed by atoms with Crippen LogP contribution in [0.15, 0.2) is 40.2 Å². The summed E-state index contributed by atoms with van der Waals surface area (Å²) in [4.78, 5) is 18.9. The molecule has 7 heteroatoms. The Balaban J connectivity index is 2.50. The quantitative estimate of drug-likeness (QED) is 0.303. The van der Waals surface area contributed by atoms with Crippen LogP contribution >= 0.6 is 23.5 Å². The first-order valence-corrected chi connectivity index (χ1v) is 10.2. The van der Waals surface area contributed by atoms with Gasteiger partial charge in [0.1, 0.15) is 6.54 Å². The fourth-order valence-corrected chi connectivity index (χ4v) is 3.00. The maximum absolute atomic E-state index is 11.7. The molecule has 0 bridgehead atoms. The number of likely N-dealkylation sites (N-methyl/N-ethyl adjacent to an activating group) is 1. The van der Waals surface area contributed by atoms with Crippen molar-refractivity contribution in [2.45, 2.75) is 17.1 Å². The molecular formula is C17H28N4OS2. The van der Waals surface area contributed by atoms with E-state index in [2.05, 4.69) is 40.9 Å². The van der Waals surface area contributed by atoms with E-state index in [1.54, 1.807) is 30.8 Å². The Morgan fingerprint density at radius 2 is 1.96 bits per heavy atom. The fourth-order valence-electron chi connectivity index (χ4n) is 1.75. The molecule has 0 radical (unpaired) electrons. The molecule has 1 aromatic carbocycles. The Bertz CT molecular complexity index is 509. The van der Waals surface area contributed by atoms with E-state index in [0.29, 0.717) is 11.2 Å². The number of thioether (sulfide) groups is 2. The Labute approximate surface area is 154 Å². The number of guanidine groups is 1. The first-order valence-electron chi connectivity index (χ1n) is 7.96. The second-order valence-corrected chi connectivity index (χ2v) is 7.99. The molecule has 0 aliphatic rings. The van der Waals surface area contributed by atoms with Crippen molar-refractivity contribution in [1.82, 2.24) is 15.5 Å². The Kier molecular flexibility index (Phi) is 10.4. The molecule has 0 saturated heterocycles. The number of nitrogens with one attached hydrogen (secondary N) is 2. The number of hydrogen-bond acceptors (Lipinski definition) is 4. The molecule has 0 aromatic heterocycles. The molecule has 1 rings (SSSR count). The van der Waals surface area contributed by atoms with E-state index in [1.807, 2.05) is 30.0 Å². The smallest absolute Gasteiger partial charge is 0.243 e. The number of carbonyl (C=O) groups excluding carboxylic acids is 1. The monoisotopic (exact) mass is 368 g/mol. The van der Waals surface area contributed by atoms with Gasteiger partial charge in [0.2, 0.25) is 5.91 Å². The molecule has 1 atom stereocenters. The van der Waals surface area contributed by atoms with Crippen molar-refractivity contribution in [2.24, 2.45) is 4.99 Å². The van der Waals surface area contributed by atoms with Gasteiger partial charge in [-0.25, -0.2) is 4.99 Å². The second kappa shape index (κ2) is 12.1. The molecule has 1 aromatic rings. The molecule has 5 nitrogen and oxygen atoms in total. The van der Waals surface area contributed by atoms with Crippen molar-refractivity contribution in [1.29, 1.82) is 0 Å². The number of hydrogen-bond donors (Lipinski definition) is 2. The zero-order chi connectivity index (χ0) is 17.8. The van der Waals surface area contributed by atoms with Crippen molar-refractivity contribution in [3.8, 4) is 0 Å². The van der Waals surface area contributed by atoms with Gasteiger partial charge in [0.25, 0.3) is 0 Å². The highest BCUT2D eigenvalue weighted by Crippen LogP contribution is 2.21. The van der Waals surface area contributed by atoms with Gasteiger partial charge in [0.15, 0.2) is 5.96 Å². The van der Waals surface area contributed by atoms with Gasteiger partial charge in [-0.15, -0.1) is 11.8 Å². The van der Waals surface area contributed by atoms with Gasteiger partial charge in [-0.3, -0.25) is 4.79 Å². The van der Waals surface area contributed by atoms with Gasteiger partial charge in [-0.05, 0) is 18.4 Å². The van der Waals surface area contributed by atoms with E-state index in [0.717, 1.165) is 18.8 Å². The van der Waals surface area contributed by atoms with Gasteiger partial charge in [0, 0.05) is 43.1 Å². The van der Waals surface area contributed by atoms with Crippen LogP contribution in [-0.2, 0) is 4.79 Å². The van der Waals surface area contributed by atoms with Crippen molar-refractivity contribution < 1.29 is 4.79 Å². The highest BCUT2D eigenvalue weighted by molar-refractivity contribution is 8.00. The van der Waals surface area contributed by atoms with Crippen LogP contribution in [0.4, 0.5) is 0 Å². The second-order valence-electron chi connectivity index (χ2n) is 5.49. The van der Waals surface area contributed by atoms with Gasteiger partial charge >= 0.3 is 0 Å². The third-order valence-electron chi connectivity index (χ3n) is 3.11. The maximum Gasteiger partial charge on any atom is 0.243 e. The average molecular weight is 369 g/mol. The third-order valence-corrected chi connectivity index (χ3v) is 4.83. The summed E-state index contributed by atoms with van der Waals surface area (Å²) in [6.45, 7) is 3.93. The van der Waals surface area contributed by atoms with Crippen LogP contribution in [0, 0.1) is 0 Å². The zero-order valence-electron chi connectivity index (χ0n) is 14.9. The summed E-state index contributed by atoms with van der Waals surface area (Å²) in [6, 6.07) is 10.3. The maximum atomic E-state index is 11.7. The number of nitrogens with zero attached hydrogens (tertiary/aromatic N) is 2. The lowest BCUT2D eigenvalue weighted by molar-refractivity contribution is -0.127. The number of carbonyl (C=O) groups is 1. The number of benzene rings is 1. The highest BCUT2D eigenvalue weighted by atomic mass is 32.2. The van der Waals surface area contributed by atoms with Crippen LogP contribution in [-0.4, -0.2) is 67.8 Å².